The second-order valence-electron chi connectivity index (χ2n) is 9.86. The molecule has 1 N–H and O–H groups in total. The van der Waals surface area contributed by atoms with Gasteiger partial charge in [-0.3, -0.25) is 4.79 Å². The summed E-state index contributed by atoms with van der Waals surface area (Å²) < 4.78 is 13.4. The first kappa shape index (κ1) is 16.4. The molecule has 0 unspecified atom stereocenters. The molecule has 5 rings (SSSR count). The first-order chi connectivity index (χ1) is 11.0. The van der Waals surface area contributed by atoms with Gasteiger partial charge in [0.05, 0.1) is 10.4 Å². The number of amides is 1. The monoisotopic (exact) mass is 349 g/mol. The Hall–Kier alpha value is -1.09. The fraction of sp³-hybridized carbons (Fsp3) is 0.650. The first-order valence-corrected chi connectivity index (χ1v) is 9.19. The summed E-state index contributed by atoms with van der Waals surface area (Å²) in [5, 5.41) is 3.07. The molecular weight excluding hydrogens is 325 g/mol. The number of rotatable bonds is 2. The van der Waals surface area contributed by atoms with Crippen molar-refractivity contribution in [2.24, 2.45) is 21.7 Å². The van der Waals surface area contributed by atoms with Gasteiger partial charge in [0.25, 0.3) is 0 Å². The quantitative estimate of drug-likeness (QED) is 0.717. The molecule has 4 aliphatic rings. The molecule has 0 heterocycles. The highest BCUT2D eigenvalue weighted by Gasteiger charge is 2.66. The molecule has 4 aliphatic carbocycles. The van der Waals surface area contributed by atoms with Gasteiger partial charge in [-0.1, -0.05) is 32.4 Å². The Morgan fingerprint density at radius 3 is 1.96 bits per heavy atom. The highest BCUT2D eigenvalue weighted by Crippen LogP contribution is 2.73. The lowest BCUT2D eigenvalue weighted by molar-refractivity contribution is -0.188. The number of nitrogens with one attached hydrogen (secondary N) is 1. The fourth-order valence-corrected chi connectivity index (χ4v) is 7.55. The number of carbonyl (C=O) groups excluding carboxylic acids is 1. The summed E-state index contributed by atoms with van der Waals surface area (Å²) in [5.41, 5.74) is 1.07. The Morgan fingerprint density at radius 1 is 1.00 bits per heavy atom. The molecule has 24 heavy (non-hydrogen) atoms. The number of hydrogen-bond donors (Lipinski definition) is 1. The summed E-state index contributed by atoms with van der Waals surface area (Å²) in [6.45, 7) is 7.08. The van der Waals surface area contributed by atoms with Gasteiger partial charge in [0.2, 0.25) is 5.91 Å². The number of anilines is 1. The molecule has 0 aromatic heterocycles. The van der Waals surface area contributed by atoms with Crippen molar-refractivity contribution in [3.05, 3.63) is 29.0 Å². The third-order valence-electron chi connectivity index (χ3n) is 6.52. The van der Waals surface area contributed by atoms with E-state index in [0.717, 1.165) is 19.3 Å². The third kappa shape index (κ3) is 2.47. The molecule has 4 fully saturated rings. The van der Waals surface area contributed by atoms with E-state index >= 15 is 0 Å². The van der Waals surface area contributed by atoms with E-state index in [0.29, 0.717) is 5.69 Å². The second kappa shape index (κ2) is 4.75. The molecule has 0 spiro atoms. The van der Waals surface area contributed by atoms with Gasteiger partial charge >= 0.3 is 0 Å². The van der Waals surface area contributed by atoms with Crippen LogP contribution >= 0.6 is 11.6 Å². The number of carbonyl (C=O) groups is 1. The molecule has 4 bridgehead atoms. The summed E-state index contributed by atoms with van der Waals surface area (Å²) >= 11 is 5.86. The van der Waals surface area contributed by atoms with Crippen LogP contribution < -0.4 is 5.32 Å². The van der Waals surface area contributed by atoms with Crippen molar-refractivity contribution in [2.45, 2.75) is 59.3 Å². The third-order valence-corrected chi connectivity index (χ3v) is 6.80. The average Bonchev–Trinajstić information content (AvgIpc) is 2.37. The predicted molar refractivity (Wildman–Crippen MR) is 94.5 cm³/mol. The Kier molecular flexibility index (Phi) is 3.24. The summed E-state index contributed by atoms with van der Waals surface area (Å²) in [4.78, 5) is 13.2. The normalized spacial score (nSPS) is 43.0. The number of halogens is 2. The van der Waals surface area contributed by atoms with Crippen molar-refractivity contribution in [1.29, 1.82) is 0 Å². The molecule has 4 heteroatoms. The molecule has 130 valence electrons. The maximum Gasteiger partial charge on any atom is 0.230 e. The molecule has 2 nitrogen and oxygen atoms in total. The Morgan fingerprint density at radius 2 is 1.50 bits per heavy atom. The van der Waals surface area contributed by atoms with Crippen LogP contribution in [0.4, 0.5) is 10.1 Å². The van der Waals surface area contributed by atoms with Crippen molar-refractivity contribution in [3.8, 4) is 0 Å². The highest BCUT2D eigenvalue weighted by atomic mass is 35.5. The van der Waals surface area contributed by atoms with Crippen molar-refractivity contribution < 1.29 is 9.18 Å². The summed E-state index contributed by atoms with van der Waals surface area (Å²) in [6.07, 6.45) is 6.58. The minimum absolute atomic E-state index is 0.0456. The van der Waals surface area contributed by atoms with Gasteiger partial charge in [-0.15, -0.1) is 0 Å². The van der Waals surface area contributed by atoms with E-state index < -0.39 is 5.82 Å². The summed E-state index contributed by atoms with van der Waals surface area (Å²) in [7, 11) is 0. The molecule has 4 saturated carbocycles. The lowest BCUT2D eigenvalue weighted by Crippen LogP contribution is -2.62. The molecule has 0 radical (unpaired) electrons. The van der Waals surface area contributed by atoms with Gasteiger partial charge in [0.15, 0.2) is 0 Å². The van der Waals surface area contributed by atoms with Crippen LogP contribution in [0.2, 0.25) is 5.02 Å². The minimum Gasteiger partial charge on any atom is -0.326 e. The number of benzene rings is 1. The summed E-state index contributed by atoms with van der Waals surface area (Å²) in [6, 6.07) is 4.40. The fourth-order valence-electron chi connectivity index (χ4n) is 7.37. The van der Waals surface area contributed by atoms with E-state index in [-0.39, 0.29) is 32.6 Å². The van der Waals surface area contributed by atoms with Gasteiger partial charge in [-0.05, 0) is 73.0 Å². The number of hydrogen-bond acceptors (Lipinski definition) is 1. The van der Waals surface area contributed by atoms with Crippen LogP contribution in [-0.2, 0) is 4.79 Å². The molecule has 1 aromatic carbocycles. The van der Waals surface area contributed by atoms with Crippen LogP contribution in [-0.4, -0.2) is 5.91 Å². The average molecular weight is 350 g/mol. The zero-order valence-electron chi connectivity index (χ0n) is 14.6. The Labute approximate surface area is 148 Å². The standard InChI is InChI=1S/C20H25ClFNO/c1-17-7-18(2)9-19(3,8-17)12-20(10-17,11-18)16(24)23-13-4-5-15(22)14(21)6-13/h4-6H,7-12H2,1-3H3,(H,23,24). The predicted octanol–water partition coefficient (Wildman–Crippen LogP) is 5.80. The van der Waals surface area contributed by atoms with Gasteiger partial charge in [-0.2, -0.15) is 0 Å². The molecule has 1 aromatic rings. The van der Waals surface area contributed by atoms with E-state index in [4.69, 9.17) is 11.6 Å². The summed E-state index contributed by atoms with van der Waals surface area (Å²) in [5.74, 6) is -0.370. The van der Waals surface area contributed by atoms with E-state index in [2.05, 4.69) is 26.1 Å². The first-order valence-electron chi connectivity index (χ1n) is 8.81. The lowest BCUT2D eigenvalue weighted by Gasteiger charge is -2.68. The smallest absolute Gasteiger partial charge is 0.230 e. The topological polar surface area (TPSA) is 29.1 Å². The zero-order chi connectivity index (χ0) is 17.4. The molecule has 0 aliphatic heterocycles. The van der Waals surface area contributed by atoms with E-state index in [1.54, 1.807) is 6.07 Å². The minimum atomic E-state index is -0.461. The molecule has 0 saturated heterocycles. The van der Waals surface area contributed by atoms with Crippen LogP contribution in [0.25, 0.3) is 0 Å². The SMILES string of the molecule is CC12CC3(C)CC(C)(C1)CC(C(=O)Nc1ccc(F)c(Cl)c1)(C2)C3. The highest BCUT2D eigenvalue weighted by molar-refractivity contribution is 6.31. The van der Waals surface area contributed by atoms with E-state index in [1.807, 2.05) is 0 Å². The van der Waals surface area contributed by atoms with Crippen molar-refractivity contribution in [2.75, 3.05) is 5.32 Å². The van der Waals surface area contributed by atoms with Crippen LogP contribution in [0.1, 0.15) is 59.3 Å². The van der Waals surface area contributed by atoms with E-state index in [1.165, 1.54) is 31.4 Å². The van der Waals surface area contributed by atoms with Crippen molar-refractivity contribution in [3.63, 3.8) is 0 Å². The van der Waals surface area contributed by atoms with Gasteiger partial charge < -0.3 is 5.32 Å². The zero-order valence-corrected chi connectivity index (χ0v) is 15.4. The Balaban J connectivity index is 1.65. The van der Waals surface area contributed by atoms with Gasteiger partial charge in [0.1, 0.15) is 5.82 Å². The van der Waals surface area contributed by atoms with Gasteiger partial charge in [-0.25, -0.2) is 4.39 Å². The molecule has 0 atom stereocenters. The van der Waals surface area contributed by atoms with Crippen molar-refractivity contribution in [1.82, 2.24) is 0 Å². The Bertz CT molecular complexity index is 677. The van der Waals surface area contributed by atoms with Crippen LogP contribution in [0.3, 0.4) is 0 Å². The second-order valence-corrected chi connectivity index (χ2v) is 10.3. The maximum atomic E-state index is 13.4. The van der Waals surface area contributed by atoms with Crippen molar-refractivity contribution >= 4 is 23.2 Å². The largest absolute Gasteiger partial charge is 0.326 e. The lowest BCUT2D eigenvalue weighted by atomic mass is 9.36. The van der Waals surface area contributed by atoms with E-state index in [9.17, 15) is 9.18 Å². The van der Waals surface area contributed by atoms with Gasteiger partial charge in [0, 0.05) is 5.69 Å². The molecular formula is C20H25ClFNO. The van der Waals surface area contributed by atoms with Crippen LogP contribution in [0.15, 0.2) is 18.2 Å². The molecule has 1 amide bonds. The van der Waals surface area contributed by atoms with Crippen LogP contribution in [0, 0.1) is 27.5 Å². The van der Waals surface area contributed by atoms with Crippen LogP contribution in [0.5, 0.6) is 0 Å². The maximum absolute atomic E-state index is 13.4.